The number of methoxy groups -OCH3 is 1. The molecule has 2 heterocycles. The molecular formula is C16H12N4O2S. The largest absolute Gasteiger partial charge is 0.497 e. The Morgan fingerprint density at radius 3 is 2.70 bits per heavy atom. The first kappa shape index (κ1) is 13.7. The monoisotopic (exact) mass is 324 g/mol. The zero-order valence-corrected chi connectivity index (χ0v) is 13.0. The van der Waals surface area contributed by atoms with Gasteiger partial charge >= 0.3 is 0 Å². The molecular weight excluding hydrogens is 312 g/mol. The fourth-order valence-corrected chi connectivity index (χ4v) is 2.57. The fraction of sp³-hybridized carbons (Fsp3) is 0.0625. The second-order valence-corrected chi connectivity index (χ2v) is 5.31. The lowest BCUT2D eigenvalue weighted by Gasteiger charge is -2.06. The van der Waals surface area contributed by atoms with Crippen molar-refractivity contribution in [3.8, 4) is 22.9 Å². The molecule has 0 aliphatic carbocycles. The van der Waals surface area contributed by atoms with E-state index in [-0.39, 0.29) is 4.84 Å². The van der Waals surface area contributed by atoms with Crippen LogP contribution in [0, 0.1) is 4.84 Å². The van der Waals surface area contributed by atoms with E-state index < -0.39 is 0 Å². The smallest absolute Gasteiger partial charge is 0.284 e. The predicted octanol–water partition coefficient (Wildman–Crippen LogP) is 3.75. The molecule has 7 heteroatoms. The summed E-state index contributed by atoms with van der Waals surface area (Å²) in [5.41, 5.74) is 3.67. The number of hydrogen-bond acceptors (Lipinski definition) is 5. The second-order valence-electron chi connectivity index (χ2n) is 4.93. The summed E-state index contributed by atoms with van der Waals surface area (Å²) in [6.07, 6.45) is 1.79. The number of rotatable bonds is 3. The Bertz CT molecular complexity index is 1030. The maximum atomic E-state index is 5.37. The Hall–Kier alpha value is -2.93. The highest BCUT2D eigenvalue weighted by molar-refractivity contribution is 7.71. The number of aromatic amines is 1. The van der Waals surface area contributed by atoms with Gasteiger partial charge in [0.25, 0.3) is 4.84 Å². The number of aromatic nitrogens is 4. The number of hydrogen-bond donors (Lipinski definition) is 1. The molecule has 0 amide bonds. The zero-order chi connectivity index (χ0) is 15.8. The summed E-state index contributed by atoms with van der Waals surface area (Å²) in [4.78, 5) is 4.68. The standard InChI is InChI=1S/C16H12N4O2S/c1-21-12-5-3-11(4-6-12)20-9-17-13-7-2-10(8-14(13)20)15-18-19-16(23)22-15/h2-9H,1H3,(H,19,23). The van der Waals surface area contributed by atoms with Crippen LogP contribution in [0.3, 0.4) is 0 Å². The summed E-state index contributed by atoms with van der Waals surface area (Å²) >= 11 is 4.92. The van der Waals surface area contributed by atoms with E-state index in [0.717, 1.165) is 28.0 Å². The molecule has 0 aliphatic heterocycles. The van der Waals surface area contributed by atoms with Gasteiger partial charge in [-0.1, -0.05) is 0 Å². The van der Waals surface area contributed by atoms with Crippen molar-refractivity contribution in [2.24, 2.45) is 0 Å². The van der Waals surface area contributed by atoms with Crippen LogP contribution in [-0.2, 0) is 0 Å². The number of fused-ring (bicyclic) bond motifs is 1. The summed E-state index contributed by atoms with van der Waals surface area (Å²) in [5.74, 6) is 1.27. The molecule has 23 heavy (non-hydrogen) atoms. The Morgan fingerprint density at radius 2 is 2.00 bits per heavy atom. The normalized spacial score (nSPS) is 11.0. The van der Waals surface area contributed by atoms with Crippen LogP contribution in [0.4, 0.5) is 0 Å². The van der Waals surface area contributed by atoms with E-state index in [0.29, 0.717) is 5.89 Å². The van der Waals surface area contributed by atoms with Gasteiger partial charge < -0.3 is 9.15 Å². The maximum absolute atomic E-state index is 5.37. The average Bonchev–Trinajstić information content (AvgIpc) is 3.20. The van der Waals surface area contributed by atoms with Gasteiger partial charge in [-0.15, -0.1) is 5.10 Å². The third-order valence-corrected chi connectivity index (χ3v) is 3.76. The molecule has 0 radical (unpaired) electrons. The highest BCUT2D eigenvalue weighted by Crippen LogP contribution is 2.25. The third-order valence-electron chi connectivity index (χ3n) is 3.58. The fourth-order valence-electron chi connectivity index (χ4n) is 2.44. The first-order valence-corrected chi connectivity index (χ1v) is 7.33. The Balaban J connectivity index is 1.85. The van der Waals surface area contributed by atoms with Crippen molar-refractivity contribution in [1.29, 1.82) is 0 Å². The molecule has 6 nitrogen and oxygen atoms in total. The molecule has 0 bridgehead atoms. The van der Waals surface area contributed by atoms with Crippen molar-refractivity contribution in [1.82, 2.24) is 19.7 Å². The Kier molecular flexibility index (Phi) is 3.20. The van der Waals surface area contributed by atoms with Gasteiger partial charge in [0.05, 0.1) is 18.1 Å². The van der Waals surface area contributed by atoms with Gasteiger partial charge in [-0.25, -0.2) is 10.1 Å². The summed E-state index contributed by atoms with van der Waals surface area (Å²) in [7, 11) is 1.65. The molecule has 4 aromatic rings. The van der Waals surface area contributed by atoms with Gasteiger partial charge in [0.2, 0.25) is 5.89 Å². The minimum absolute atomic E-state index is 0.253. The molecule has 0 unspecified atom stereocenters. The number of H-pyrrole nitrogens is 1. The van der Waals surface area contributed by atoms with E-state index in [2.05, 4.69) is 15.2 Å². The molecule has 2 aromatic carbocycles. The van der Waals surface area contributed by atoms with Crippen LogP contribution in [-0.4, -0.2) is 26.9 Å². The van der Waals surface area contributed by atoms with Crippen LogP contribution < -0.4 is 4.74 Å². The maximum Gasteiger partial charge on any atom is 0.284 e. The molecule has 0 fully saturated rings. The molecule has 0 saturated heterocycles. The van der Waals surface area contributed by atoms with E-state index in [1.807, 2.05) is 47.0 Å². The van der Waals surface area contributed by atoms with Crippen LogP contribution in [0.2, 0.25) is 0 Å². The Morgan fingerprint density at radius 1 is 1.17 bits per heavy atom. The van der Waals surface area contributed by atoms with Gasteiger partial charge in [-0.2, -0.15) is 0 Å². The summed E-state index contributed by atoms with van der Waals surface area (Å²) in [6.45, 7) is 0. The highest BCUT2D eigenvalue weighted by atomic mass is 32.1. The van der Waals surface area contributed by atoms with Crippen LogP contribution in [0.15, 0.2) is 53.2 Å². The molecule has 0 atom stereocenters. The van der Waals surface area contributed by atoms with Crippen LogP contribution >= 0.6 is 12.2 Å². The van der Waals surface area contributed by atoms with E-state index in [4.69, 9.17) is 21.4 Å². The summed E-state index contributed by atoms with van der Waals surface area (Å²) in [6, 6.07) is 13.6. The Labute approximate surface area is 136 Å². The molecule has 1 N–H and O–H groups in total. The minimum atomic E-state index is 0.253. The van der Waals surface area contributed by atoms with Crippen molar-refractivity contribution < 1.29 is 9.15 Å². The van der Waals surface area contributed by atoms with Crippen LogP contribution in [0.1, 0.15) is 0 Å². The molecule has 0 aliphatic rings. The number of benzene rings is 2. The van der Waals surface area contributed by atoms with E-state index in [1.54, 1.807) is 13.4 Å². The van der Waals surface area contributed by atoms with Gasteiger partial charge in [0.15, 0.2) is 0 Å². The van der Waals surface area contributed by atoms with Crippen molar-refractivity contribution in [3.05, 3.63) is 53.6 Å². The lowest BCUT2D eigenvalue weighted by Crippen LogP contribution is -1.92. The van der Waals surface area contributed by atoms with E-state index >= 15 is 0 Å². The number of ether oxygens (including phenoxy) is 1. The molecule has 2 aromatic heterocycles. The SMILES string of the molecule is COc1ccc(-n2cnc3ccc(-c4n[nH]c(=S)o4)cc32)cc1. The van der Waals surface area contributed by atoms with Crippen molar-refractivity contribution >= 4 is 23.3 Å². The average molecular weight is 324 g/mol. The number of nitrogens with zero attached hydrogens (tertiary/aromatic N) is 3. The molecule has 0 spiro atoms. The summed E-state index contributed by atoms with van der Waals surface area (Å²) in [5, 5.41) is 6.69. The summed E-state index contributed by atoms with van der Waals surface area (Å²) < 4.78 is 12.6. The number of nitrogens with one attached hydrogen (secondary N) is 1. The topological polar surface area (TPSA) is 68.9 Å². The van der Waals surface area contributed by atoms with Crippen LogP contribution in [0.5, 0.6) is 5.75 Å². The van der Waals surface area contributed by atoms with Crippen molar-refractivity contribution in [2.75, 3.05) is 7.11 Å². The van der Waals surface area contributed by atoms with E-state index in [1.165, 1.54) is 0 Å². The molecule has 4 rings (SSSR count). The van der Waals surface area contributed by atoms with Crippen molar-refractivity contribution in [2.45, 2.75) is 0 Å². The lowest BCUT2D eigenvalue weighted by molar-refractivity contribution is 0.415. The van der Waals surface area contributed by atoms with Gasteiger partial charge in [0, 0.05) is 11.3 Å². The van der Waals surface area contributed by atoms with Gasteiger partial charge in [-0.3, -0.25) is 4.57 Å². The minimum Gasteiger partial charge on any atom is -0.497 e. The number of imidazole rings is 1. The predicted molar refractivity (Wildman–Crippen MR) is 88.3 cm³/mol. The van der Waals surface area contributed by atoms with Gasteiger partial charge in [0.1, 0.15) is 12.1 Å². The third kappa shape index (κ3) is 2.40. The van der Waals surface area contributed by atoms with E-state index in [9.17, 15) is 0 Å². The second kappa shape index (κ2) is 5.36. The van der Waals surface area contributed by atoms with Crippen molar-refractivity contribution in [3.63, 3.8) is 0 Å². The first-order chi connectivity index (χ1) is 11.2. The first-order valence-electron chi connectivity index (χ1n) is 6.92. The zero-order valence-electron chi connectivity index (χ0n) is 12.2. The highest BCUT2D eigenvalue weighted by Gasteiger charge is 2.10. The van der Waals surface area contributed by atoms with Gasteiger partial charge in [-0.05, 0) is 54.7 Å². The molecule has 0 saturated carbocycles. The lowest BCUT2D eigenvalue weighted by atomic mass is 10.2. The molecule has 114 valence electrons. The van der Waals surface area contributed by atoms with Crippen LogP contribution in [0.25, 0.3) is 28.2 Å². The quantitative estimate of drug-likeness (QED) is 0.581.